The lowest BCUT2D eigenvalue weighted by Gasteiger charge is -2.17. The van der Waals surface area contributed by atoms with Crippen LogP contribution in [0.5, 0.6) is 0 Å². The van der Waals surface area contributed by atoms with Crippen LogP contribution in [-0.4, -0.2) is 4.98 Å². The first-order valence-electron chi connectivity index (χ1n) is 6.87. The third kappa shape index (κ3) is 2.70. The normalized spacial score (nSPS) is 11.8. The van der Waals surface area contributed by atoms with E-state index >= 15 is 0 Å². The van der Waals surface area contributed by atoms with Crippen LogP contribution in [0.3, 0.4) is 0 Å². The second-order valence-corrected chi connectivity index (χ2v) is 5.01. The summed E-state index contributed by atoms with van der Waals surface area (Å²) in [6.45, 7) is 2.09. The van der Waals surface area contributed by atoms with Crippen LogP contribution in [0.2, 0.25) is 0 Å². The number of pyridine rings is 1. The van der Waals surface area contributed by atoms with Gasteiger partial charge in [-0.2, -0.15) is 5.26 Å². The van der Waals surface area contributed by atoms with Crippen LogP contribution in [0.15, 0.2) is 60.9 Å². The number of rotatable bonds is 3. The van der Waals surface area contributed by atoms with Crippen molar-refractivity contribution < 1.29 is 0 Å². The third-order valence-electron chi connectivity index (χ3n) is 3.57. The summed E-state index contributed by atoms with van der Waals surface area (Å²) in [6.07, 6.45) is 3.66. The monoisotopic (exact) mass is 273 g/mol. The number of hydrogen-bond acceptors (Lipinski definition) is 3. The van der Waals surface area contributed by atoms with Crippen LogP contribution in [0.4, 0.5) is 5.69 Å². The quantitative estimate of drug-likeness (QED) is 0.774. The number of nitrogens with one attached hydrogen (secondary N) is 1. The highest BCUT2D eigenvalue weighted by Gasteiger charge is 2.08. The van der Waals surface area contributed by atoms with Gasteiger partial charge in [0.1, 0.15) is 0 Å². The summed E-state index contributed by atoms with van der Waals surface area (Å²) in [5, 5.41) is 14.8. The van der Waals surface area contributed by atoms with E-state index in [2.05, 4.69) is 35.4 Å². The lowest BCUT2D eigenvalue weighted by molar-refractivity contribution is 0.886. The second kappa shape index (κ2) is 5.64. The zero-order valence-corrected chi connectivity index (χ0v) is 11.7. The Morgan fingerprint density at radius 2 is 2.00 bits per heavy atom. The highest BCUT2D eigenvalue weighted by molar-refractivity contribution is 5.93. The predicted octanol–water partition coefficient (Wildman–Crippen LogP) is 4.28. The molecule has 1 atom stereocenters. The summed E-state index contributed by atoms with van der Waals surface area (Å²) < 4.78 is 0. The Labute approximate surface area is 123 Å². The molecule has 2 aromatic carbocycles. The van der Waals surface area contributed by atoms with Gasteiger partial charge in [0.2, 0.25) is 0 Å². The lowest BCUT2D eigenvalue weighted by atomic mass is 10.0. The van der Waals surface area contributed by atoms with Crippen molar-refractivity contribution in [3.63, 3.8) is 0 Å². The maximum Gasteiger partial charge on any atom is 0.0991 e. The molecular formula is C18H15N3. The van der Waals surface area contributed by atoms with Gasteiger partial charge in [-0.3, -0.25) is 4.98 Å². The van der Waals surface area contributed by atoms with Crippen molar-refractivity contribution in [2.24, 2.45) is 0 Å². The minimum absolute atomic E-state index is 0.122. The Bertz CT molecular complexity index is 813. The Morgan fingerprint density at radius 1 is 1.14 bits per heavy atom. The number of benzene rings is 2. The van der Waals surface area contributed by atoms with E-state index in [0.29, 0.717) is 5.56 Å². The van der Waals surface area contributed by atoms with E-state index in [-0.39, 0.29) is 6.04 Å². The Morgan fingerprint density at radius 3 is 2.86 bits per heavy atom. The zero-order valence-electron chi connectivity index (χ0n) is 11.7. The molecule has 0 radical (unpaired) electrons. The molecule has 0 fully saturated rings. The standard InChI is InChI=1S/C18H15N3/c1-13(15-5-2-4-14(10-15)11-19)21-18-7-3-6-16-12-20-9-8-17(16)18/h2-10,12-13,21H,1H3. The Kier molecular flexibility index (Phi) is 3.53. The van der Waals surface area contributed by atoms with Gasteiger partial charge in [-0.25, -0.2) is 0 Å². The number of hydrogen-bond donors (Lipinski definition) is 1. The summed E-state index contributed by atoms with van der Waals surface area (Å²) in [4.78, 5) is 4.15. The minimum atomic E-state index is 0.122. The van der Waals surface area contributed by atoms with E-state index in [9.17, 15) is 0 Å². The fourth-order valence-corrected chi connectivity index (χ4v) is 2.44. The molecule has 0 bridgehead atoms. The number of anilines is 1. The second-order valence-electron chi connectivity index (χ2n) is 5.01. The van der Waals surface area contributed by atoms with Gasteiger partial charge in [-0.05, 0) is 36.8 Å². The molecule has 0 saturated carbocycles. The molecule has 1 aromatic heterocycles. The summed E-state index contributed by atoms with van der Waals surface area (Å²) in [6, 6.07) is 18.1. The van der Waals surface area contributed by atoms with Crippen molar-refractivity contribution in [2.45, 2.75) is 13.0 Å². The number of aromatic nitrogens is 1. The van der Waals surface area contributed by atoms with Crippen molar-refractivity contribution in [2.75, 3.05) is 5.32 Å². The Balaban J connectivity index is 1.93. The fraction of sp³-hybridized carbons (Fsp3) is 0.111. The van der Waals surface area contributed by atoms with Gasteiger partial charge in [0.25, 0.3) is 0 Å². The van der Waals surface area contributed by atoms with E-state index in [1.54, 1.807) is 6.20 Å². The van der Waals surface area contributed by atoms with Crippen molar-refractivity contribution in [1.29, 1.82) is 5.26 Å². The highest BCUT2D eigenvalue weighted by atomic mass is 14.9. The van der Waals surface area contributed by atoms with E-state index in [0.717, 1.165) is 22.0 Å². The predicted molar refractivity (Wildman–Crippen MR) is 84.9 cm³/mol. The first-order valence-corrected chi connectivity index (χ1v) is 6.87. The number of nitrogens with zero attached hydrogens (tertiary/aromatic N) is 2. The molecular weight excluding hydrogens is 258 g/mol. The van der Waals surface area contributed by atoms with Crippen LogP contribution < -0.4 is 5.32 Å². The van der Waals surface area contributed by atoms with Crippen LogP contribution in [0.1, 0.15) is 24.1 Å². The summed E-state index contributed by atoms with van der Waals surface area (Å²) in [7, 11) is 0. The first-order chi connectivity index (χ1) is 10.3. The molecule has 0 aliphatic carbocycles. The van der Waals surface area contributed by atoms with Gasteiger partial charge in [0.15, 0.2) is 0 Å². The minimum Gasteiger partial charge on any atom is -0.378 e. The van der Waals surface area contributed by atoms with Crippen molar-refractivity contribution >= 4 is 16.5 Å². The van der Waals surface area contributed by atoms with Gasteiger partial charge in [0.05, 0.1) is 11.6 Å². The molecule has 102 valence electrons. The average Bonchev–Trinajstić information content (AvgIpc) is 2.55. The molecule has 0 spiro atoms. The molecule has 1 unspecified atom stereocenters. The van der Waals surface area contributed by atoms with Crippen molar-refractivity contribution in [3.05, 3.63) is 72.1 Å². The zero-order chi connectivity index (χ0) is 14.7. The average molecular weight is 273 g/mol. The van der Waals surface area contributed by atoms with Crippen LogP contribution in [-0.2, 0) is 0 Å². The maximum atomic E-state index is 9.00. The van der Waals surface area contributed by atoms with Gasteiger partial charge in [0, 0.05) is 34.9 Å². The third-order valence-corrected chi connectivity index (χ3v) is 3.57. The molecule has 1 heterocycles. The molecule has 3 aromatic rings. The molecule has 0 amide bonds. The molecule has 0 saturated heterocycles. The van der Waals surface area contributed by atoms with Crippen LogP contribution in [0, 0.1) is 11.3 Å². The molecule has 3 nitrogen and oxygen atoms in total. The fourth-order valence-electron chi connectivity index (χ4n) is 2.44. The van der Waals surface area contributed by atoms with Crippen molar-refractivity contribution in [3.8, 4) is 6.07 Å². The molecule has 3 rings (SSSR count). The van der Waals surface area contributed by atoms with E-state index in [4.69, 9.17) is 5.26 Å². The summed E-state index contributed by atoms with van der Waals surface area (Å²) in [5.74, 6) is 0. The molecule has 1 N–H and O–H groups in total. The number of nitriles is 1. The van der Waals surface area contributed by atoms with Crippen molar-refractivity contribution in [1.82, 2.24) is 4.98 Å². The highest BCUT2D eigenvalue weighted by Crippen LogP contribution is 2.26. The molecule has 0 aliphatic heterocycles. The van der Waals surface area contributed by atoms with E-state index in [1.165, 1.54) is 0 Å². The van der Waals surface area contributed by atoms with E-state index < -0.39 is 0 Å². The smallest absolute Gasteiger partial charge is 0.0991 e. The number of fused-ring (bicyclic) bond motifs is 1. The molecule has 21 heavy (non-hydrogen) atoms. The lowest BCUT2D eigenvalue weighted by Crippen LogP contribution is -2.07. The van der Waals surface area contributed by atoms with Gasteiger partial charge >= 0.3 is 0 Å². The van der Waals surface area contributed by atoms with E-state index in [1.807, 2.05) is 42.6 Å². The molecule has 0 aliphatic rings. The van der Waals surface area contributed by atoms with Crippen LogP contribution in [0.25, 0.3) is 10.8 Å². The topological polar surface area (TPSA) is 48.7 Å². The Hall–Kier alpha value is -2.86. The van der Waals surface area contributed by atoms with Crippen LogP contribution >= 0.6 is 0 Å². The SMILES string of the molecule is CC(Nc1cccc2cnccc12)c1cccc(C#N)c1. The summed E-state index contributed by atoms with van der Waals surface area (Å²) >= 11 is 0. The largest absolute Gasteiger partial charge is 0.378 e. The van der Waals surface area contributed by atoms with Gasteiger partial charge < -0.3 is 5.32 Å². The first kappa shape index (κ1) is 13.1. The summed E-state index contributed by atoms with van der Waals surface area (Å²) in [5.41, 5.74) is 2.85. The van der Waals surface area contributed by atoms with Gasteiger partial charge in [-0.1, -0.05) is 24.3 Å². The van der Waals surface area contributed by atoms with Gasteiger partial charge in [-0.15, -0.1) is 0 Å². The maximum absolute atomic E-state index is 9.00. The molecule has 3 heteroatoms.